The van der Waals surface area contributed by atoms with Gasteiger partial charge in [-0.2, -0.15) is 13.2 Å². The van der Waals surface area contributed by atoms with Crippen LogP contribution in [0.4, 0.5) is 23.2 Å². The molecule has 0 unspecified atom stereocenters. The molecule has 0 saturated heterocycles. The van der Waals surface area contributed by atoms with Crippen molar-refractivity contribution in [3.8, 4) is 0 Å². The first-order chi connectivity index (χ1) is 7.23. The Morgan fingerprint density at radius 1 is 1.31 bits per heavy atom. The number of hydrogen-bond donors (Lipinski definition) is 0. The summed E-state index contributed by atoms with van der Waals surface area (Å²) in [7, 11) is 0.989. The molecule has 88 valence electrons. The average molecular weight is 235 g/mol. The molecule has 0 N–H and O–H groups in total. The zero-order valence-corrected chi connectivity index (χ0v) is 8.60. The van der Waals surface area contributed by atoms with Crippen LogP contribution < -0.4 is 4.90 Å². The highest BCUT2D eigenvalue weighted by molar-refractivity contribution is 5.96. The predicted octanol–water partition coefficient (Wildman–Crippen LogP) is 2.66. The van der Waals surface area contributed by atoms with E-state index in [-0.39, 0.29) is 11.3 Å². The lowest BCUT2D eigenvalue weighted by Gasteiger charge is -2.19. The van der Waals surface area contributed by atoms with E-state index in [9.17, 15) is 22.4 Å². The Morgan fingerprint density at radius 2 is 1.88 bits per heavy atom. The van der Waals surface area contributed by atoms with E-state index in [1.807, 2.05) is 0 Å². The van der Waals surface area contributed by atoms with Gasteiger partial charge in [0.25, 0.3) is 0 Å². The van der Waals surface area contributed by atoms with Crippen molar-refractivity contribution in [3.05, 3.63) is 29.6 Å². The summed E-state index contributed by atoms with van der Waals surface area (Å²) in [5.41, 5.74) is 0.181. The van der Waals surface area contributed by atoms with Crippen molar-refractivity contribution in [1.29, 1.82) is 0 Å². The van der Waals surface area contributed by atoms with Crippen LogP contribution in [0.15, 0.2) is 18.2 Å². The van der Waals surface area contributed by atoms with E-state index in [1.165, 1.54) is 13.0 Å². The molecule has 1 rings (SSSR count). The number of halogens is 4. The second-order valence-corrected chi connectivity index (χ2v) is 3.30. The van der Waals surface area contributed by atoms with Crippen LogP contribution in [0.3, 0.4) is 0 Å². The normalized spacial score (nSPS) is 11.4. The first-order valence-electron chi connectivity index (χ1n) is 4.34. The topological polar surface area (TPSA) is 20.3 Å². The van der Waals surface area contributed by atoms with Crippen LogP contribution in [0.5, 0.6) is 0 Å². The maximum absolute atomic E-state index is 12.9. The molecule has 1 aromatic carbocycles. The maximum atomic E-state index is 12.9. The quantitative estimate of drug-likeness (QED) is 0.685. The third-order valence-electron chi connectivity index (χ3n) is 2.08. The van der Waals surface area contributed by atoms with Crippen LogP contribution in [0.25, 0.3) is 0 Å². The van der Waals surface area contributed by atoms with Gasteiger partial charge < -0.3 is 4.90 Å². The molecule has 6 heteroatoms. The van der Waals surface area contributed by atoms with Crippen molar-refractivity contribution in [2.75, 3.05) is 11.9 Å². The average Bonchev–Trinajstić information content (AvgIpc) is 2.18. The van der Waals surface area contributed by atoms with E-state index in [2.05, 4.69) is 0 Å². The van der Waals surface area contributed by atoms with Gasteiger partial charge in [-0.3, -0.25) is 4.79 Å². The minimum atomic E-state index is -4.93. The Kier molecular flexibility index (Phi) is 3.21. The van der Waals surface area contributed by atoms with Gasteiger partial charge in [-0.25, -0.2) is 4.39 Å². The minimum absolute atomic E-state index is 0.00113. The molecule has 0 radical (unpaired) electrons. The zero-order chi connectivity index (χ0) is 12.5. The van der Waals surface area contributed by atoms with Gasteiger partial charge in [0, 0.05) is 12.7 Å². The lowest BCUT2D eigenvalue weighted by Crippen LogP contribution is -2.38. The molecule has 1 aromatic rings. The second-order valence-electron chi connectivity index (χ2n) is 3.30. The summed E-state index contributed by atoms with van der Waals surface area (Å²) < 4.78 is 49.2. The number of hydrogen-bond acceptors (Lipinski definition) is 1. The fraction of sp³-hybridized carbons (Fsp3) is 0.300. The molecule has 0 aromatic heterocycles. The van der Waals surface area contributed by atoms with Gasteiger partial charge in [-0.05, 0) is 30.7 Å². The molecule has 0 spiro atoms. The van der Waals surface area contributed by atoms with Gasteiger partial charge in [0.05, 0.1) is 0 Å². The van der Waals surface area contributed by atoms with Crippen molar-refractivity contribution in [2.24, 2.45) is 0 Å². The largest absolute Gasteiger partial charge is 0.471 e. The van der Waals surface area contributed by atoms with Crippen molar-refractivity contribution >= 4 is 11.6 Å². The van der Waals surface area contributed by atoms with Crippen LogP contribution in [0.2, 0.25) is 0 Å². The van der Waals surface area contributed by atoms with Gasteiger partial charge in [0.15, 0.2) is 0 Å². The van der Waals surface area contributed by atoms with E-state index in [1.54, 1.807) is 0 Å². The number of anilines is 1. The SMILES string of the molecule is Cc1cc(N(C)C(=O)C(F)(F)F)ccc1F. The molecular formula is C10H9F4NO. The monoisotopic (exact) mass is 235 g/mol. The van der Waals surface area contributed by atoms with E-state index in [0.29, 0.717) is 4.90 Å². The van der Waals surface area contributed by atoms with E-state index < -0.39 is 17.9 Å². The van der Waals surface area contributed by atoms with Crippen LogP contribution in [0.1, 0.15) is 5.56 Å². The summed E-state index contributed by atoms with van der Waals surface area (Å²) in [6, 6.07) is 3.32. The Labute approximate surface area is 89.5 Å². The summed E-state index contributed by atoms with van der Waals surface area (Å²) in [5.74, 6) is -2.52. The molecule has 2 nitrogen and oxygen atoms in total. The molecule has 0 aliphatic rings. The van der Waals surface area contributed by atoms with Gasteiger partial charge in [-0.1, -0.05) is 0 Å². The maximum Gasteiger partial charge on any atom is 0.471 e. The molecular weight excluding hydrogens is 226 g/mol. The molecule has 1 amide bonds. The van der Waals surface area contributed by atoms with Crippen LogP contribution in [-0.2, 0) is 4.79 Å². The first-order valence-corrected chi connectivity index (χ1v) is 4.34. The van der Waals surface area contributed by atoms with Gasteiger partial charge in [0.2, 0.25) is 0 Å². The highest BCUT2D eigenvalue weighted by Crippen LogP contribution is 2.23. The second kappa shape index (κ2) is 4.11. The third-order valence-corrected chi connectivity index (χ3v) is 2.08. The number of carbonyl (C=O) groups is 1. The molecule has 0 bridgehead atoms. The standard InChI is InChI=1S/C10H9F4NO/c1-6-5-7(3-4-8(6)11)15(2)9(16)10(12,13)14/h3-5H,1-2H3. The summed E-state index contributed by atoms with van der Waals surface area (Å²) in [6.07, 6.45) is -4.93. The fourth-order valence-electron chi connectivity index (χ4n) is 1.14. The molecule has 0 atom stereocenters. The Morgan fingerprint density at radius 3 is 2.31 bits per heavy atom. The van der Waals surface area contributed by atoms with Crippen molar-refractivity contribution in [2.45, 2.75) is 13.1 Å². The molecule has 0 heterocycles. The number of amides is 1. The molecule has 0 fully saturated rings. The summed E-state index contributed by atoms with van der Waals surface area (Å²) in [4.78, 5) is 11.3. The van der Waals surface area contributed by atoms with Gasteiger partial charge >= 0.3 is 12.1 Å². The van der Waals surface area contributed by atoms with E-state index in [0.717, 1.165) is 19.2 Å². The molecule has 0 saturated carbocycles. The van der Waals surface area contributed by atoms with Crippen molar-refractivity contribution in [1.82, 2.24) is 0 Å². The third kappa shape index (κ3) is 2.50. The number of aryl methyl sites for hydroxylation is 1. The fourth-order valence-corrected chi connectivity index (χ4v) is 1.14. The minimum Gasteiger partial charge on any atom is -0.308 e. The number of alkyl halides is 3. The summed E-state index contributed by atoms with van der Waals surface area (Å²) in [5, 5.41) is 0. The number of rotatable bonds is 1. The summed E-state index contributed by atoms with van der Waals surface area (Å²) in [6.45, 7) is 1.41. The molecule has 0 aliphatic heterocycles. The zero-order valence-electron chi connectivity index (χ0n) is 8.60. The van der Waals surface area contributed by atoms with Crippen LogP contribution in [-0.4, -0.2) is 19.1 Å². The van der Waals surface area contributed by atoms with E-state index >= 15 is 0 Å². The molecule has 16 heavy (non-hydrogen) atoms. The van der Waals surface area contributed by atoms with Crippen molar-refractivity contribution in [3.63, 3.8) is 0 Å². The first kappa shape index (κ1) is 12.5. The Balaban J connectivity index is 3.01. The number of nitrogens with zero attached hydrogens (tertiary/aromatic N) is 1. The van der Waals surface area contributed by atoms with Crippen LogP contribution in [0, 0.1) is 12.7 Å². The highest BCUT2D eigenvalue weighted by Gasteiger charge is 2.41. The molecule has 0 aliphatic carbocycles. The highest BCUT2D eigenvalue weighted by atomic mass is 19.4. The van der Waals surface area contributed by atoms with Crippen molar-refractivity contribution < 1.29 is 22.4 Å². The van der Waals surface area contributed by atoms with Crippen LogP contribution >= 0.6 is 0 Å². The lowest BCUT2D eigenvalue weighted by molar-refractivity contribution is -0.170. The smallest absolute Gasteiger partial charge is 0.308 e. The Bertz CT molecular complexity index is 414. The lowest BCUT2D eigenvalue weighted by atomic mass is 10.2. The number of carbonyl (C=O) groups excluding carboxylic acids is 1. The Hall–Kier alpha value is -1.59. The van der Waals surface area contributed by atoms with Gasteiger partial charge in [0.1, 0.15) is 5.82 Å². The van der Waals surface area contributed by atoms with E-state index in [4.69, 9.17) is 0 Å². The predicted molar refractivity (Wildman–Crippen MR) is 50.6 cm³/mol. The summed E-state index contributed by atoms with van der Waals surface area (Å²) >= 11 is 0. The van der Waals surface area contributed by atoms with Gasteiger partial charge in [-0.15, -0.1) is 0 Å². The number of benzene rings is 1.